The van der Waals surface area contributed by atoms with Crippen LogP contribution in [0.4, 0.5) is 0 Å². The van der Waals surface area contributed by atoms with E-state index in [0.29, 0.717) is 17.8 Å². The summed E-state index contributed by atoms with van der Waals surface area (Å²) in [5.41, 5.74) is 2.44. The number of aliphatic hydroxyl groups is 1. The Morgan fingerprint density at radius 3 is 2.61 bits per heavy atom. The molecule has 0 aliphatic carbocycles. The summed E-state index contributed by atoms with van der Waals surface area (Å²) in [5, 5.41) is 24.5. The van der Waals surface area contributed by atoms with Gasteiger partial charge >= 0.3 is 5.97 Å². The summed E-state index contributed by atoms with van der Waals surface area (Å²) in [7, 11) is 0. The minimum Gasteiger partial charge on any atom is -0.502 e. The summed E-state index contributed by atoms with van der Waals surface area (Å²) in [6.45, 7) is 5.56. The van der Waals surface area contributed by atoms with Gasteiger partial charge < -0.3 is 19.4 Å². The number of hydrogen-bond donors (Lipinski definition) is 2. The first-order chi connectivity index (χ1) is 14.8. The predicted molar refractivity (Wildman–Crippen MR) is 113 cm³/mol. The summed E-state index contributed by atoms with van der Waals surface area (Å²) in [6.07, 6.45) is -0.155. The van der Waals surface area contributed by atoms with Gasteiger partial charge in [0.1, 0.15) is 12.4 Å². The lowest BCUT2D eigenvalue weighted by molar-refractivity contribution is -0.143. The topological polar surface area (TPSA) is 115 Å². The molecule has 3 aromatic rings. The Morgan fingerprint density at radius 1 is 1.26 bits per heavy atom. The predicted octanol–water partition coefficient (Wildman–Crippen LogP) is 2.78. The van der Waals surface area contributed by atoms with E-state index in [2.05, 4.69) is 5.10 Å². The standard InChI is InChI=1S/C23H26N2O6/c1-4-30-20(28)11-18(23-22(29)19(27)10-17(13-26)31-23)21-14(2)24-25(15(21)3)12-16-8-6-5-7-9-16/h5-10,18,26,29H,4,11-13H2,1-3H3. The monoisotopic (exact) mass is 426 g/mol. The minimum atomic E-state index is -0.803. The Bertz CT molecular complexity index is 1120. The first kappa shape index (κ1) is 22.3. The number of carbonyl (C=O) groups excluding carboxylic acids is 1. The number of aliphatic hydroxyl groups excluding tert-OH is 1. The van der Waals surface area contributed by atoms with Crippen LogP contribution in [0.1, 0.15) is 53.3 Å². The Morgan fingerprint density at radius 2 is 1.97 bits per heavy atom. The Hall–Kier alpha value is -3.39. The van der Waals surface area contributed by atoms with Crippen molar-refractivity contribution in [1.82, 2.24) is 9.78 Å². The van der Waals surface area contributed by atoms with E-state index < -0.39 is 29.7 Å². The molecule has 8 nitrogen and oxygen atoms in total. The number of esters is 1. The molecule has 0 aliphatic rings. The molecule has 2 heterocycles. The number of carbonyl (C=O) groups is 1. The van der Waals surface area contributed by atoms with E-state index in [1.54, 1.807) is 13.8 Å². The average Bonchev–Trinajstić information content (AvgIpc) is 3.02. The molecule has 1 atom stereocenters. The molecular formula is C23H26N2O6. The first-order valence-electron chi connectivity index (χ1n) is 10.1. The highest BCUT2D eigenvalue weighted by molar-refractivity contribution is 5.71. The fraction of sp³-hybridized carbons (Fsp3) is 0.348. The highest BCUT2D eigenvalue weighted by atomic mass is 16.5. The van der Waals surface area contributed by atoms with Crippen molar-refractivity contribution in [1.29, 1.82) is 0 Å². The van der Waals surface area contributed by atoms with Crippen LogP contribution in [0.15, 0.2) is 45.6 Å². The second kappa shape index (κ2) is 9.61. The van der Waals surface area contributed by atoms with Crippen LogP contribution in [0.25, 0.3) is 0 Å². The number of benzene rings is 1. The zero-order valence-corrected chi connectivity index (χ0v) is 17.8. The summed E-state index contributed by atoms with van der Waals surface area (Å²) in [5.74, 6) is -1.99. The molecule has 0 fully saturated rings. The van der Waals surface area contributed by atoms with Gasteiger partial charge in [-0.2, -0.15) is 5.10 Å². The molecule has 0 saturated carbocycles. The highest BCUT2D eigenvalue weighted by Gasteiger charge is 2.31. The van der Waals surface area contributed by atoms with Gasteiger partial charge in [0.2, 0.25) is 11.2 Å². The molecule has 164 valence electrons. The van der Waals surface area contributed by atoms with E-state index in [9.17, 15) is 19.8 Å². The van der Waals surface area contributed by atoms with Crippen molar-refractivity contribution in [2.45, 2.75) is 46.3 Å². The molecule has 2 N–H and O–H groups in total. The summed E-state index contributed by atoms with van der Waals surface area (Å²) in [6, 6.07) is 10.8. The normalized spacial score (nSPS) is 12.0. The SMILES string of the molecule is CCOC(=O)CC(c1oc(CO)cc(=O)c1O)c1c(C)nn(Cc2ccccc2)c1C. The second-order valence-electron chi connectivity index (χ2n) is 7.24. The Kier molecular flexibility index (Phi) is 6.91. The summed E-state index contributed by atoms with van der Waals surface area (Å²) in [4.78, 5) is 24.6. The van der Waals surface area contributed by atoms with E-state index >= 15 is 0 Å². The van der Waals surface area contributed by atoms with Crippen LogP contribution in [0.2, 0.25) is 0 Å². The number of ether oxygens (including phenoxy) is 1. The van der Waals surface area contributed by atoms with Crippen molar-refractivity contribution >= 4 is 5.97 Å². The van der Waals surface area contributed by atoms with E-state index in [0.717, 1.165) is 17.3 Å². The number of rotatable bonds is 8. The van der Waals surface area contributed by atoms with Gasteiger partial charge in [-0.15, -0.1) is 0 Å². The van der Waals surface area contributed by atoms with E-state index in [1.807, 2.05) is 41.9 Å². The van der Waals surface area contributed by atoms with Crippen molar-refractivity contribution in [3.63, 3.8) is 0 Å². The fourth-order valence-electron chi connectivity index (χ4n) is 3.71. The lowest BCUT2D eigenvalue weighted by Crippen LogP contribution is -2.16. The fourth-order valence-corrected chi connectivity index (χ4v) is 3.71. The molecule has 2 aromatic heterocycles. The summed E-state index contributed by atoms with van der Waals surface area (Å²) >= 11 is 0. The molecule has 0 amide bonds. The Balaban J connectivity index is 2.12. The minimum absolute atomic E-state index is 0.00126. The molecule has 0 aliphatic heterocycles. The average molecular weight is 426 g/mol. The van der Waals surface area contributed by atoms with E-state index in [1.165, 1.54) is 0 Å². The summed E-state index contributed by atoms with van der Waals surface area (Å²) < 4.78 is 12.5. The van der Waals surface area contributed by atoms with Crippen LogP contribution in [-0.4, -0.2) is 32.6 Å². The van der Waals surface area contributed by atoms with Crippen LogP contribution in [0.5, 0.6) is 5.75 Å². The lowest BCUT2D eigenvalue weighted by Gasteiger charge is -2.18. The number of hydrogen-bond acceptors (Lipinski definition) is 7. The smallest absolute Gasteiger partial charge is 0.306 e. The van der Waals surface area contributed by atoms with Crippen molar-refractivity contribution in [2.75, 3.05) is 6.61 Å². The largest absolute Gasteiger partial charge is 0.502 e. The molecule has 31 heavy (non-hydrogen) atoms. The third kappa shape index (κ3) is 4.86. The third-order valence-electron chi connectivity index (χ3n) is 5.11. The second-order valence-corrected chi connectivity index (χ2v) is 7.24. The van der Waals surface area contributed by atoms with Crippen LogP contribution in [0.3, 0.4) is 0 Å². The van der Waals surface area contributed by atoms with Gasteiger partial charge in [0, 0.05) is 17.3 Å². The maximum atomic E-state index is 12.4. The van der Waals surface area contributed by atoms with E-state index in [-0.39, 0.29) is 24.5 Å². The molecule has 8 heteroatoms. The maximum absolute atomic E-state index is 12.4. The molecule has 0 spiro atoms. The quantitative estimate of drug-likeness (QED) is 0.532. The van der Waals surface area contributed by atoms with Crippen LogP contribution >= 0.6 is 0 Å². The van der Waals surface area contributed by atoms with Crippen molar-refractivity contribution in [2.24, 2.45) is 0 Å². The lowest BCUT2D eigenvalue weighted by atomic mass is 9.90. The van der Waals surface area contributed by atoms with Crippen molar-refractivity contribution in [3.8, 4) is 5.75 Å². The Labute approximate surface area is 179 Å². The molecule has 1 aromatic carbocycles. The van der Waals surface area contributed by atoms with Gasteiger partial charge in [-0.3, -0.25) is 14.3 Å². The molecular weight excluding hydrogens is 400 g/mol. The molecule has 0 saturated heterocycles. The van der Waals surface area contributed by atoms with Crippen molar-refractivity contribution < 1.29 is 24.2 Å². The van der Waals surface area contributed by atoms with Crippen molar-refractivity contribution in [3.05, 3.63) is 80.7 Å². The van der Waals surface area contributed by atoms with Gasteiger partial charge in [0.05, 0.1) is 31.2 Å². The number of aromatic hydroxyl groups is 1. The number of aryl methyl sites for hydroxylation is 1. The van der Waals surface area contributed by atoms with Gasteiger partial charge in [-0.05, 0) is 26.3 Å². The van der Waals surface area contributed by atoms with Crippen LogP contribution in [0, 0.1) is 13.8 Å². The highest BCUT2D eigenvalue weighted by Crippen LogP contribution is 2.37. The van der Waals surface area contributed by atoms with Gasteiger partial charge in [-0.25, -0.2) is 0 Å². The van der Waals surface area contributed by atoms with E-state index in [4.69, 9.17) is 9.15 Å². The molecule has 0 bridgehead atoms. The van der Waals surface area contributed by atoms with Gasteiger partial charge in [0.15, 0.2) is 5.76 Å². The third-order valence-corrected chi connectivity index (χ3v) is 5.11. The molecule has 3 rings (SSSR count). The first-order valence-corrected chi connectivity index (χ1v) is 10.1. The van der Waals surface area contributed by atoms with Gasteiger partial charge in [0.25, 0.3) is 0 Å². The van der Waals surface area contributed by atoms with Crippen LogP contribution < -0.4 is 5.43 Å². The number of nitrogens with zero attached hydrogens (tertiary/aromatic N) is 2. The molecule has 0 radical (unpaired) electrons. The zero-order valence-electron chi connectivity index (χ0n) is 17.8. The van der Waals surface area contributed by atoms with Gasteiger partial charge in [-0.1, -0.05) is 30.3 Å². The van der Waals surface area contributed by atoms with Crippen LogP contribution in [-0.2, 0) is 22.7 Å². The number of aromatic nitrogens is 2. The maximum Gasteiger partial charge on any atom is 0.306 e. The zero-order chi connectivity index (χ0) is 22.5. The molecule has 1 unspecified atom stereocenters.